The van der Waals surface area contributed by atoms with E-state index in [1.165, 1.54) is 10.8 Å². The van der Waals surface area contributed by atoms with Gasteiger partial charge in [-0.3, -0.25) is 0 Å². The van der Waals surface area contributed by atoms with Gasteiger partial charge in [0, 0.05) is 22.0 Å². The van der Waals surface area contributed by atoms with E-state index in [-0.39, 0.29) is 0 Å². The van der Waals surface area contributed by atoms with E-state index in [4.69, 9.17) is 0 Å². The first-order valence-electron chi connectivity index (χ1n) is 4.60. The molecule has 0 aliphatic heterocycles. The Balaban J connectivity index is 2.58. The predicted octanol–water partition coefficient (Wildman–Crippen LogP) is 2.82. The van der Waals surface area contributed by atoms with Crippen LogP contribution in [-0.2, 0) is 0 Å². The highest BCUT2D eigenvalue weighted by molar-refractivity contribution is 6.06. The van der Waals surface area contributed by atoms with Gasteiger partial charge in [0.15, 0.2) is 0 Å². The molecular weight excluding hydrogens is 172 g/mol. The fraction of sp³-hybridized carbons (Fsp3) is 0.0833. The van der Waals surface area contributed by atoms with Gasteiger partial charge in [0.25, 0.3) is 0 Å². The molecule has 3 aromatic rings. The van der Waals surface area contributed by atoms with Crippen LogP contribution < -0.4 is 0 Å². The molecule has 2 aromatic heterocycles. The molecule has 0 bridgehead atoms. The monoisotopic (exact) mass is 181 g/mol. The maximum absolute atomic E-state index is 4.15. The summed E-state index contributed by atoms with van der Waals surface area (Å²) in [6.07, 6.45) is 3.00. The lowest BCUT2D eigenvalue weighted by molar-refractivity contribution is 1.21. The van der Waals surface area contributed by atoms with Crippen molar-refractivity contribution < 1.29 is 0 Å². The van der Waals surface area contributed by atoms with Gasteiger partial charge in [-0.1, -0.05) is 18.2 Å². The molecule has 0 amide bonds. The Morgan fingerprint density at radius 3 is 3.00 bits per heavy atom. The normalized spacial score (nSPS) is 11.2. The van der Waals surface area contributed by atoms with Crippen LogP contribution in [0.1, 0.15) is 5.69 Å². The van der Waals surface area contributed by atoms with Crippen molar-refractivity contribution in [3.05, 3.63) is 42.2 Å². The maximum atomic E-state index is 4.15. The number of para-hydroxylation sites is 1. The van der Waals surface area contributed by atoms with Crippen molar-refractivity contribution in [2.45, 2.75) is 6.92 Å². The summed E-state index contributed by atoms with van der Waals surface area (Å²) in [7, 11) is 0. The lowest BCUT2D eigenvalue weighted by Gasteiger charge is -1.91. The molecule has 0 aliphatic rings. The van der Waals surface area contributed by atoms with E-state index < -0.39 is 0 Å². The summed E-state index contributed by atoms with van der Waals surface area (Å²) >= 11 is 0. The summed E-state index contributed by atoms with van der Waals surface area (Å²) < 4.78 is 0. The number of nitrogens with zero attached hydrogens (tertiary/aromatic N) is 1. The van der Waals surface area contributed by atoms with Gasteiger partial charge in [-0.25, -0.2) is 4.98 Å². The van der Waals surface area contributed by atoms with Gasteiger partial charge in [-0.2, -0.15) is 0 Å². The van der Waals surface area contributed by atoms with E-state index in [0.717, 1.165) is 16.7 Å². The topological polar surface area (TPSA) is 28.7 Å². The SMILES string of the molecule is Cc1cc2c([c]n1)[nH]c1ccccc12. The first kappa shape index (κ1) is 7.56. The van der Waals surface area contributed by atoms with Crippen molar-refractivity contribution >= 4 is 21.8 Å². The molecule has 0 saturated carbocycles. The highest BCUT2D eigenvalue weighted by Crippen LogP contribution is 2.24. The molecule has 14 heavy (non-hydrogen) atoms. The molecule has 0 spiro atoms. The van der Waals surface area contributed by atoms with Gasteiger partial charge in [0.05, 0.1) is 5.52 Å². The molecule has 67 valence electrons. The van der Waals surface area contributed by atoms with Crippen LogP contribution in [0.5, 0.6) is 0 Å². The smallest absolute Gasteiger partial charge is 0.115 e. The van der Waals surface area contributed by atoms with Crippen LogP contribution in [0.25, 0.3) is 21.8 Å². The molecule has 0 aliphatic carbocycles. The molecule has 1 radical (unpaired) electrons. The number of pyridine rings is 1. The largest absolute Gasteiger partial charge is 0.353 e. The number of fused-ring (bicyclic) bond motifs is 3. The average Bonchev–Trinajstić information content (AvgIpc) is 2.56. The Hall–Kier alpha value is -1.83. The second kappa shape index (κ2) is 2.58. The predicted molar refractivity (Wildman–Crippen MR) is 57.2 cm³/mol. The standard InChI is InChI=1S/C12H9N2/c1-8-6-10-9-4-2-3-5-11(9)14-12(10)7-13-8/h2-6,14H,1H3. The molecule has 1 aromatic carbocycles. The molecular formula is C12H9N2. The molecule has 0 saturated heterocycles. The first-order chi connectivity index (χ1) is 6.84. The third-order valence-electron chi connectivity index (χ3n) is 2.44. The van der Waals surface area contributed by atoms with E-state index in [0.29, 0.717) is 0 Å². The number of aromatic amines is 1. The number of aromatic nitrogens is 2. The molecule has 1 N–H and O–H groups in total. The van der Waals surface area contributed by atoms with E-state index >= 15 is 0 Å². The van der Waals surface area contributed by atoms with Crippen molar-refractivity contribution in [2.75, 3.05) is 0 Å². The Morgan fingerprint density at radius 2 is 2.07 bits per heavy atom. The molecule has 3 rings (SSSR count). The maximum Gasteiger partial charge on any atom is 0.115 e. The summed E-state index contributed by atoms with van der Waals surface area (Å²) in [5, 5.41) is 2.44. The first-order valence-corrected chi connectivity index (χ1v) is 4.60. The van der Waals surface area contributed by atoms with Crippen molar-refractivity contribution in [3.8, 4) is 0 Å². The second-order valence-corrected chi connectivity index (χ2v) is 3.47. The second-order valence-electron chi connectivity index (χ2n) is 3.47. The fourth-order valence-electron chi connectivity index (χ4n) is 1.79. The molecule has 2 nitrogen and oxygen atoms in total. The van der Waals surface area contributed by atoms with E-state index in [2.05, 4.69) is 34.4 Å². The summed E-state index contributed by atoms with van der Waals surface area (Å²) in [5.74, 6) is 0. The van der Waals surface area contributed by atoms with Crippen molar-refractivity contribution in [1.29, 1.82) is 0 Å². The third-order valence-corrected chi connectivity index (χ3v) is 2.44. The van der Waals surface area contributed by atoms with E-state index in [1.54, 1.807) is 0 Å². The average molecular weight is 181 g/mol. The minimum absolute atomic E-state index is 0.983. The third kappa shape index (κ3) is 0.940. The number of H-pyrrole nitrogens is 1. The summed E-state index contributed by atoms with van der Waals surface area (Å²) in [6, 6.07) is 10.3. The Labute approximate surface area is 81.6 Å². The summed E-state index contributed by atoms with van der Waals surface area (Å²) in [5.41, 5.74) is 3.13. The van der Waals surface area contributed by atoms with Crippen molar-refractivity contribution in [3.63, 3.8) is 0 Å². The van der Waals surface area contributed by atoms with Crippen molar-refractivity contribution in [2.24, 2.45) is 0 Å². The zero-order valence-electron chi connectivity index (χ0n) is 7.83. The minimum atomic E-state index is 0.983. The van der Waals surface area contributed by atoms with Gasteiger partial charge in [0.2, 0.25) is 0 Å². The van der Waals surface area contributed by atoms with Crippen LogP contribution in [-0.4, -0.2) is 9.97 Å². The number of hydrogen-bond acceptors (Lipinski definition) is 1. The number of nitrogens with one attached hydrogen (secondary N) is 1. The van der Waals surface area contributed by atoms with Gasteiger partial charge in [-0.15, -0.1) is 0 Å². The number of aryl methyl sites for hydroxylation is 1. The molecule has 2 heterocycles. The molecule has 0 atom stereocenters. The Morgan fingerprint density at radius 1 is 1.21 bits per heavy atom. The van der Waals surface area contributed by atoms with Crippen LogP contribution in [0, 0.1) is 13.1 Å². The van der Waals surface area contributed by atoms with Crippen LogP contribution in [0.2, 0.25) is 0 Å². The zero-order valence-corrected chi connectivity index (χ0v) is 7.83. The summed E-state index contributed by atoms with van der Waals surface area (Å²) in [4.78, 5) is 7.43. The van der Waals surface area contributed by atoms with E-state index in [1.807, 2.05) is 19.1 Å². The quantitative estimate of drug-likeness (QED) is 0.567. The highest BCUT2D eigenvalue weighted by atomic mass is 14.8. The highest BCUT2D eigenvalue weighted by Gasteiger charge is 2.03. The van der Waals surface area contributed by atoms with Gasteiger partial charge in [-0.05, 0) is 19.1 Å². The van der Waals surface area contributed by atoms with Crippen LogP contribution in [0.15, 0.2) is 30.3 Å². The zero-order chi connectivity index (χ0) is 9.54. The van der Waals surface area contributed by atoms with Crippen LogP contribution >= 0.6 is 0 Å². The van der Waals surface area contributed by atoms with Crippen LogP contribution in [0.3, 0.4) is 0 Å². The van der Waals surface area contributed by atoms with E-state index in [9.17, 15) is 0 Å². The summed E-state index contributed by atoms with van der Waals surface area (Å²) in [6.45, 7) is 1.98. The van der Waals surface area contributed by atoms with Gasteiger partial charge >= 0.3 is 0 Å². The molecule has 0 unspecified atom stereocenters. The lowest BCUT2D eigenvalue weighted by atomic mass is 10.2. The molecule has 0 fully saturated rings. The Bertz CT molecular complexity index is 608. The van der Waals surface area contributed by atoms with Crippen LogP contribution in [0.4, 0.5) is 0 Å². The Kier molecular flexibility index (Phi) is 1.39. The minimum Gasteiger partial charge on any atom is -0.353 e. The number of hydrogen-bond donors (Lipinski definition) is 1. The molecule has 2 heteroatoms. The van der Waals surface area contributed by atoms with Gasteiger partial charge < -0.3 is 4.98 Å². The number of rotatable bonds is 0. The number of benzene rings is 1. The van der Waals surface area contributed by atoms with Gasteiger partial charge in [0.1, 0.15) is 6.20 Å². The van der Waals surface area contributed by atoms with Crippen molar-refractivity contribution in [1.82, 2.24) is 9.97 Å². The lowest BCUT2D eigenvalue weighted by Crippen LogP contribution is -1.78. The fourth-order valence-corrected chi connectivity index (χ4v) is 1.79.